The molecule has 2 N–H and O–H groups in total. The van der Waals surface area contributed by atoms with E-state index in [9.17, 15) is 4.39 Å². The van der Waals surface area contributed by atoms with Crippen LogP contribution in [0.1, 0.15) is 30.7 Å². The molecule has 0 amide bonds. The van der Waals surface area contributed by atoms with Gasteiger partial charge in [0.15, 0.2) is 0 Å². The van der Waals surface area contributed by atoms with Crippen LogP contribution in [0.15, 0.2) is 22.7 Å². The Hall–Kier alpha value is -1.53. The second-order valence-electron chi connectivity index (χ2n) is 4.50. The fourth-order valence-corrected chi connectivity index (χ4v) is 2.42. The summed E-state index contributed by atoms with van der Waals surface area (Å²) in [6.07, 6.45) is 1.59. The van der Waals surface area contributed by atoms with Crippen molar-refractivity contribution in [2.24, 2.45) is 5.73 Å². The molecule has 0 saturated heterocycles. The standard InChI is InChI=1S/C15H17BrFN3O/c1-3-10-11(8-18)15(20-19-14(10)4-2)21-9-5-6-12(16)13(17)7-9/h5-7H,3-4,8,18H2,1-2H3. The fraction of sp³-hybridized carbons (Fsp3) is 0.333. The van der Waals surface area contributed by atoms with Crippen molar-refractivity contribution < 1.29 is 9.13 Å². The Morgan fingerprint density at radius 2 is 1.95 bits per heavy atom. The third kappa shape index (κ3) is 3.39. The number of nitrogens with two attached hydrogens (primary N) is 1. The summed E-state index contributed by atoms with van der Waals surface area (Å²) in [4.78, 5) is 0. The molecule has 0 bridgehead atoms. The molecule has 0 fully saturated rings. The normalized spacial score (nSPS) is 10.7. The molecule has 112 valence electrons. The van der Waals surface area contributed by atoms with Crippen molar-refractivity contribution in [1.29, 1.82) is 0 Å². The molecule has 0 atom stereocenters. The number of halogens is 2. The number of hydrogen-bond acceptors (Lipinski definition) is 4. The lowest BCUT2D eigenvalue weighted by Crippen LogP contribution is -2.10. The number of nitrogens with zero attached hydrogens (tertiary/aromatic N) is 2. The molecular formula is C15H17BrFN3O. The highest BCUT2D eigenvalue weighted by molar-refractivity contribution is 9.10. The van der Waals surface area contributed by atoms with Crippen molar-refractivity contribution in [1.82, 2.24) is 10.2 Å². The molecule has 2 rings (SSSR count). The summed E-state index contributed by atoms with van der Waals surface area (Å²) in [6.45, 7) is 4.37. The van der Waals surface area contributed by atoms with Gasteiger partial charge in [0.1, 0.15) is 11.6 Å². The number of aromatic nitrogens is 2. The van der Waals surface area contributed by atoms with Gasteiger partial charge in [-0.3, -0.25) is 0 Å². The number of hydrogen-bond donors (Lipinski definition) is 1. The minimum Gasteiger partial charge on any atom is -0.437 e. The van der Waals surface area contributed by atoms with E-state index in [1.165, 1.54) is 6.07 Å². The average molecular weight is 354 g/mol. The van der Waals surface area contributed by atoms with Crippen LogP contribution in [0.5, 0.6) is 11.6 Å². The van der Waals surface area contributed by atoms with E-state index in [2.05, 4.69) is 26.1 Å². The van der Waals surface area contributed by atoms with Gasteiger partial charge in [0.05, 0.1) is 10.2 Å². The zero-order valence-corrected chi connectivity index (χ0v) is 13.6. The SMILES string of the molecule is CCc1nnc(Oc2ccc(Br)c(F)c2)c(CN)c1CC. The van der Waals surface area contributed by atoms with Crippen LogP contribution in [0.2, 0.25) is 0 Å². The van der Waals surface area contributed by atoms with E-state index in [1.54, 1.807) is 12.1 Å². The van der Waals surface area contributed by atoms with E-state index in [0.717, 1.165) is 29.7 Å². The first kappa shape index (κ1) is 15.9. The highest BCUT2D eigenvalue weighted by atomic mass is 79.9. The minimum atomic E-state index is -0.393. The molecule has 1 aromatic heterocycles. The maximum atomic E-state index is 13.5. The summed E-state index contributed by atoms with van der Waals surface area (Å²) in [5.74, 6) is 0.315. The van der Waals surface area contributed by atoms with Gasteiger partial charge in [-0.15, -0.1) is 5.10 Å². The van der Waals surface area contributed by atoms with Gasteiger partial charge < -0.3 is 10.5 Å². The first-order chi connectivity index (χ1) is 10.1. The highest BCUT2D eigenvalue weighted by Gasteiger charge is 2.15. The predicted octanol–water partition coefficient (Wildman–Crippen LogP) is 3.75. The minimum absolute atomic E-state index is 0.306. The molecule has 0 aliphatic rings. The molecule has 0 aliphatic heterocycles. The second-order valence-corrected chi connectivity index (χ2v) is 5.35. The summed E-state index contributed by atoms with van der Waals surface area (Å²) in [5.41, 5.74) is 8.64. The number of benzene rings is 1. The van der Waals surface area contributed by atoms with Crippen LogP contribution < -0.4 is 10.5 Å². The van der Waals surface area contributed by atoms with E-state index in [1.807, 2.05) is 13.8 Å². The Bertz CT molecular complexity index is 649. The zero-order chi connectivity index (χ0) is 15.4. The van der Waals surface area contributed by atoms with E-state index in [4.69, 9.17) is 10.5 Å². The van der Waals surface area contributed by atoms with Crippen LogP contribution >= 0.6 is 15.9 Å². The van der Waals surface area contributed by atoms with E-state index < -0.39 is 5.82 Å². The Labute approximate surface area is 131 Å². The van der Waals surface area contributed by atoms with Crippen LogP contribution in [0.4, 0.5) is 4.39 Å². The maximum Gasteiger partial charge on any atom is 0.243 e. The summed E-state index contributed by atoms with van der Waals surface area (Å²) >= 11 is 3.11. The first-order valence-corrected chi connectivity index (χ1v) is 7.60. The van der Waals surface area contributed by atoms with Gasteiger partial charge in [-0.05, 0) is 46.5 Å². The van der Waals surface area contributed by atoms with Gasteiger partial charge >= 0.3 is 0 Å². The first-order valence-electron chi connectivity index (χ1n) is 6.80. The van der Waals surface area contributed by atoms with Crippen molar-refractivity contribution in [2.45, 2.75) is 33.2 Å². The predicted molar refractivity (Wildman–Crippen MR) is 82.9 cm³/mol. The van der Waals surface area contributed by atoms with Gasteiger partial charge in [-0.25, -0.2) is 4.39 Å². The molecule has 0 unspecified atom stereocenters. The molecule has 1 aromatic carbocycles. The van der Waals surface area contributed by atoms with Gasteiger partial charge in [-0.1, -0.05) is 13.8 Å². The Kier molecular flexibility index (Phi) is 5.25. The Morgan fingerprint density at radius 3 is 2.52 bits per heavy atom. The molecule has 4 nitrogen and oxygen atoms in total. The number of ether oxygens (including phenoxy) is 1. The molecule has 1 heterocycles. The van der Waals surface area contributed by atoms with Crippen LogP contribution in [0.3, 0.4) is 0 Å². The smallest absolute Gasteiger partial charge is 0.243 e. The molecule has 0 saturated carbocycles. The third-order valence-electron chi connectivity index (χ3n) is 3.23. The molecule has 0 radical (unpaired) electrons. The number of aryl methyl sites for hydroxylation is 1. The van der Waals surface area contributed by atoms with Crippen LogP contribution in [-0.4, -0.2) is 10.2 Å². The molecule has 21 heavy (non-hydrogen) atoms. The van der Waals surface area contributed by atoms with Gasteiger partial charge in [0.25, 0.3) is 0 Å². The van der Waals surface area contributed by atoms with Gasteiger partial charge in [-0.2, -0.15) is 5.10 Å². The molecule has 0 aliphatic carbocycles. The largest absolute Gasteiger partial charge is 0.437 e. The summed E-state index contributed by atoms with van der Waals surface area (Å²) < 4.78 is 19.6. The summed E-state index contributed by atoms with van der Waals surface area (Å²) in [6, 6.07) is 4.54. The monoisotopic (exact) mass is 353 g/mol. The lowest BCUT2D eigenvalue weighted by Gasteiger charge is -2.14. The van der Waals surface area contributed by atoms with Crippen LogP contribution in [0.25, 0.3) is 0 Å². The van der Waals surface area contributed by atoms with Crippen molar-refractivity contribution in [3.63, 3.8) is 0 Å². The number of rotatable bonds is 5. The van der Waals surface area contributed by atoms with Gasteiger partial charge in [0, 0.05) is 18.2 Å². The maximum absolute atomic E-state index is 13.5. The Balaban J connectivity index is 2.41. The highest BCUT2D eigenvalue weighted by Crippen LogP contribution is 2.29. The van der Waals surface area contributed by atoms with Crippen molar-refractivity contribution >= 4 is 15.9 Å². The molecule has 6 heteroatoms. The molecule has 2 aromatic rings. The second kappa shape index (κ2) is 6.95. The van der Waals surface area contributed by atoms with Crippen molar-refractivity contribution in [2.75, 3.05) is 0 Å². The van der Waals surface area contributed by atoms with Crippen molar-refractivity contribution in [3.05, 3.63) is 45.3 Å². The molecular weight excluding hydrogens is 337 g/mol. The Morgan fingerprint density at radius 1 is 1.19 bits per heavy atom. The lowest BCUT2D eigenvalue weighted by molar-refractivity contribution is 0.441. The van der Waals surface area contributed by atoms with E-state index >= 15 is 0 Å². The van der Waals surface area contributed by atoms with E-state index in [-0.39, 0.29) is 0 Å². The fourth-order valence-electron chi connectivity index (χ4n) is 2.18. The van der Waals surface area contributed by atoms with Crippen LogP contribution in [0, 0.1) is 5.82 Å². The van der Waals surface area contributed by atoms with Crippen molar-refractivity contribution in [3.8, 4) is 11.6 Å². The summed E-state index contributed by atoms with van der Waals surface area (Å²) in [5, 5.41) is 8.27. The zero-order valence-electron chi connectivity index (χ0n) is 12.0. The average Bonchev–Trinajstić information content (AvgIpc) is 2.50. The van der Waals surface area contributed by atoms with Crippen LogP contribution in [-0.2, 0) is 19.4 Å². The summed E-state index contributed by atoms with van der Waals surface area (Å²) in [7, 11) is 0. The van der Waals surface area contributed by atoms with E-state index in [0.29, 0.717) is 22.6 Å². The van der Waals surface area contributed by atoms with Gasteiger partial charge in [0.2, 0.25) is 5.88 Å². The molecule has 0 spiro atoms. The lowest BCUT2D eigenvalue weighted by atomic mass is 10.0. The topological polar surface area (TPSA) is 61.0 Å². The third-order valence-corrected chi connectivity index (χ3v) is 3.87. The quantitative estimate of drug-likeness (QED) is 0.888.